The van der Waals surface area contributed by atoms with Gasteiger partial charge >= 0.3 is 10.4 Å². The van der Waals surface area contributed by atoms with E-state index in [0.717, 1.165) is 6.21 Å². The molecule has 0 radical (unpaired) electrons. The number of hydrogen-bond acceptors (Lipinski definition) is 10. The first-order valence-corrected chi connectivity index (χ1v) is 7.32. The maximum Gasteiger partial charge on any atom is 0.394 e. The number of nitrogens with zero attached hydrogens (tertiary/aromatic N) is 4. The van der Waals surface area contributed by atoms with Gasteiger partial charge in [-0.05, 0) is 0 Å². The molecule has 146 valence electrons. The summed E-state index contributed by atoms with van der Waals surface area (Å²) in [4.78, 5) is 0. The van der Waals surface area contributed by atoms with Crippen molar-refractivity contribution in [2.75, 3.05) is 6.61 Å². The maximum absolute atomic E-state index is 9.75. The third-order valence-electron chi connectivity index (χ3n) is 1.85. The van der Waals surface area contributed by atoms with Crippen LogP contribution in [0.5, 0.6) is 0 Å². The summed E-state index contributed by atoms with van der Waals surface area (Å²) in [6.45, 7) is -0.779. The molecule has 0 bridgehead atoms. The van der Waals surface area contributed by atoms with E-state index >= 15 is 0 Å². The van der Waals surface area contributed by atoms with E-state index in [9.17, 15) is 15.3 Å². The van der Waals surface area contributed by atoms with E-state index in [0.29, 0.717) is 0 Å². The SMILES string of the molecule is NC(N)=N/N=C/C(=N\N=C(N)N)C(O)C(O)C(O)CO.O=S(=O)(O)O. The molecule has 16 nitrogen and oxygen atoms in total. The zero-order valence-corrected chi connectivity index (χ0v) is 13.3. The van der Waals surface area contributed by atoms with Crippen molar-refractivity contribution in [1.29, 1.82) is 0 Å². The smallest absolute Gasteiger partial charge is 0.394 e. The Labute approximate surface area is 141 Å². The van der Waals surface area contributed by atoms with Crippen molar-refractivity contribution >= 4 is 34.2 Å². The molecule has 3 unspecified atom stereocenters. The van der Waals surface area contributed by atoms with Crippen molar-refractivity contribution in [2.24, 2.45) is 43.3 Å². The summed E-state index contributed by atoms with van der Waals surface area (Å²) in [7, 11) is -4.67. The lowest BCUT2D eigenvalue weighted by atomic mass is 10.0. The van der Waals surface area contributed by atoms with Gasteiger partial charge in [-0.1, -0.05) is 0 Å². The van der Waals surface area contributed by atoms with E-state index < -0.39 is 41.3 Å². The molecule has 17 heteroatoms. The van der Waals surface area contributed by atoms with Gasteiger partial charge in [0.05, 0.1) is 12.8 Å². The average Bonchev–Trinajstić information content (AvgIpc) is 2.46. The Balaban J connectivity index is 0. The summed E-state index contributed by atoms with van der Waals surface area (Å²) < 4.78 is 31.6. The van der Waals surface area contributed by atoms with Gasteiger partial charge in [-0.3, -0.25) is 9.11 Å². The molecule has 0 aromatic heterocycles. The fourth-order valence-electron chi connectivity index (χ4n) is 0.925. The van der Waals surface area contributed by atoms with Crippen LogP contribution in [-0.4, -0.2) is 86.7 Å². The van der Waals surface area contributed by atoms with E-state index in [1.807, 2.05) is 0 Å². The van der Waals surface area contributed by atoms with Crippen LogP contribution in [0.3, 0.4) is 0 Å². The molecule has 0 rings (SSSR count). The molecule has 0 amide bonds. The number of nitrogens with two attached hydrogens (primary N) is 4. The Hall–Kier alpha value is -2.41. The fraction of sp³-hybridized carbons (Fsp3) is 0.500. The van der Waals surface area contributed by atoms with Crippen molar-refractivity contribution in [1.82, 2.24) is 0 Å². The second-order valence-electron chi connectivity index (χ2n) is 3.95. The summed E-state index contributed by atoms with van der Waals surface area (Å²) in [6, 6.07) is 0. The van der Waals surface area contributed by atoms with Crippen LogP contribution < -0.4 is 22.9 Å². The normalized spacial score (nSPS) is 15.5. The van der Waals surface area contributed by atoms with Crippen molar-refractivity contribution < 1.29 is 37.9 Å². The van der Waals surface area contributed by atoms with Gasteiger partial charge in [0.15, 0.2) is 0 Å². The molecule has 0 aromatic rings. The van der Waals surface area contributed by atoms with Gasteiger partial charge in [-0.15, -0.1) is 15.3 Å². The lowest BCUT2D eigenvalue weighted by molar-refractivity contribution is -0.0548. The van der Waals surface area contributed by atoms with Crippen LogP contribution in [0.15, 0.2) is 20.4 Å². The molecule has 0 saturated carbocycles. The molecular formula is C8H20N8O8S. The summed E-state index contributed by atoms with van der Waals surface area (Å²) >= 11 is 0. The third-order valence-corrected chi connectivity index (χ3v) is 1.85. The lowest BCUT2D eigenvalue weighted by Gasteiger charge is -2.20. The van der Waals surface area contributed by atoms with E-state index in [2.05, 4.69) is 20.4 Å². The quantitative estimate of drug-likeness (QED) is 0.0843. The van der Waals surface area contributed by atoms with Crippen LogP contribution >= 0.6 is 0 Å². The van der Waals surface area contributed by atoms with E-state index in [4.69, 9.17) is 45.6 Å². The summed E-state index contributed by atoms with van der Waals surface area (Å²) in [5.74, 6) is -0.769. The summed E-state index contributed by atoms with van der Waals surface area (Å²) in [6.07, 6.45) is -4.23. The van der Waals surface area contributed by atoms with Crippen molar-refractivity contribution in [3.8, 4) is 0 Å². The number of rotatable bonds is 7. The van der Waals surface area contributed by atoms with Gasteiger partial charge in [0.25, 0.3) is 0 Å². The topological polar surface area (TPSA) is 309 Å². The standard InChI is InChI=1S/C8H18N8O4.H2O4S/c9-7(10)15-13-1-3(14-16-8(11)12)5(19)6(20)4(18)2-17;1-5(2,3)4/h1,4-6,17-20H,2H2,(H4,9,10,15)(H4,11,12,16);(H2,1,2,3,4)/b13-1+,14-3+;. The van der Waals surface area contributed by atoms with Crippen LogP contribution in [0.2, 0.25) is 0 Å². The number of hydrogen-bond donors (Lipinski definition) is 10. The molecule has 0 saturated heterocycles. The average molecular weight is 388 g/mol. The van der Waals surface area contributed by atoms with Crippen LogP contribution in [0.25, 0.3) is 0 Å². The molecule has 3 atom stereocenters. The van der Waals surface area contributed by atoms with Crippen LogP contribution in [-0.2, 0) is 10.4 Å². The number of aliphatic hydroxyl groups excluding tert-OH is 4. The molecule has 0 aliphatic heterocycles. The highest BCUT2D eigenvalue weighted by atomic mass is 32.3. The molecule has 0 aromatic carbocycles. The summed E-state index contributed by atoms with van der Waals surface area (Å²) in [5, 5.41) is 50.5. The van der Waals surface area contributed by atoms with Crippen molar-refractivity contribution in [3.63, 3.8) is 0 Å². The predicted octanol–water partition coefficient (Wildman–Crippen LogP) is -5.70. The number of aliphatic hydroxyl groups is 4. The van der Waals surface area contributed by atoms with E-state index in [1.54, 1.807) is 0 Å². The van der Waals surface area contributed by atoms with Crippen LogP contribution in [0, 0.1) is 0 Å². The highest BCUT2D eigenvalue weighted by Gasteiger charge is 2.27. The molecular weight excluding hydrogens is 368 g/mol. The van der Waals surface area contributed by atoms with Gasteiger partial charge < -0.3 is 43.4 Å². The largest absolute Gasteiger partial charge is 0.394 e. The van der Waals surface area contributed by atoms with Gasteiger partial charge in [-0.2, -0.15) is 13.5 Å². The number of guanidine groups is 2. The maximum atomic E-state index is 9.75. The van der Waals surface area contributed by atoms with Gasteiger partial charge in [0, 0.05) is 0 Å². The molecule has 0 fully saturated rings. The fourth-order valence-corrected chi connectivity index (χ4v) is 0.925. The minimum Gasteiger partial charge on any atom is -0.394 e. The molecule has 0 heterocycles. The van der Waals surface area contributed by atoms with E-state index in [1.165, 1.54) is 0 Å². The lowest BCUT2D eigenvalue weighted by Crippen LogP contribution is -2.44. The van der Waals surface area contributed by atoms with Gasteiger partial charge in [0.1, 0.15) is 24.0 Å². The monoisotopic (exact) mass is 388 g/mol. The first-order chi connectivity index (χ1) is 11.3. The Morgan fingerprint density at radius 3 is 1.76 bits per heavy atom. The molecule has 0 spiro atoms. The zero-order chi connectivity index (χ0) is 20.2. The molecule has 0 aliphatic carbocycles. The molecule has 25 heavy (non-hydrogen) atoms. The minimum atomic E-state index is -4.67. The van der Waals surface area contributed by atoms with Gasteiger partial charge in [0.2, 0.25) is 11.9 Å². The molecule has 14 N–H and O–H groups in total. The minimum absolute atomic E-state index is 0.344. The van der Waals surface area contributed by atoms with Crippen molar-refractivity contribution in [2.45, 2.75) is 18.3 Å². The van der Waals surface area contributed by atoms with Gasteiger partial charge in [-0.25, -0.2) is 0 Å². The Kier molecular flexibility index (Phi) is 11.9. The second-order valence-corrected chi connectivity index (χ2v) is 4.85. The Bertz CT molecular complexity index is 602. The Morgan fingerprint density at radius 1 is 0.960 bits per heavy atom. The second kappa shape index (κ2) is 12.0. The van der Waals surface area contributed by atoms with Crippen LogP contribution in [0.1, 0.15) is 0 Å². The predicted molar refractivity (Wildman–Crippen MR) is 86.8 cm³/mol. The first kappa shape index (κ1) is 24.8. The zero-order valence-electron chi connectivity index (χ0n) is 12.5. The van der Waals surface area contributed by atoms with Crippen molar-refractivity contribution in [3.05, 3.63) is 0 Å². The summed E-state index contributed by atoms with van der Waals surface area (Å²) in [5.41, 5.74) is 19.8. The third kappa shape index (κ3) is 16.2. The molecule has 0 aliphatic rings. The highest BCUT2D eigenvalue weighted by Crippen LogP contribution is 2.02. The first-order valence-electron chi connectivity index (χ1n) is 5.93. The van der Waals surface area contributed by atoms with Crippen LogP contribution in [0.4, 0.5) is 0 Å². The van der Waals surface area contributed by atoms with E-state index in [-0.39, 0.29) is 11.7 Å². The Morgan fingerprint density at radius 2 is 1.40 bits per heavy atom. The highest BCUT2D eigenvalue weighted by molar-refractivity contribution is 7.79.